The predicted octanol–water partition coefficient (Wildman–Crippen LogP) is 3.29. The lowest BCUT2D eigenvalue weighted by molar-refractivity contribution is -0.157. The monoisotopic (exact) mass is 427 g/mol. The largest absolute Gasteiger partial charge is 0.482 e. The van der Waals surface area contributed by atoms with E-state index in [9.17, 15) is 14.4 Å². The van der Waals surface area contributed by atoms with Gasteiger partial charge in [-0.05, 0) is 62.6 Å². The van der Waals surface area contributed by atoms with Crippen LogP contribution >= 0.6 is 0 Å². The van der Waals surface area contributed by atoms with Crippen LogP contribution in [0, 0.1) is 5.92 Å². The Balaban J connectivity index is 1.32. The van der Waals surface area contributed by atoms with E-state index in [1.807, 2.05) is 6.07 Å². The summed E-state index contributed by atoms with van der Waals surface area (Å²) in [6.45, 7) is 3.36. The molecule has 0 bridgehead atoms. The third-order valence-electron chi connectivity index (χ3n) is 6.42. The van der Waals surface area contributed by atoms with Gasteiger partial charge in [-0.3, -0.25) is 4.79 Å². The molecule has 1 amide bonds. The number of esters is 1. The second-order valence-corrected chi connectivity index (χ2v) is 8.66. The fourth-order valence-corrected chi connectivity index (χ4v) is 4.61. The lowest BCUT2D eigenvalue weighted by Crippen LogP contribution is -2.46. The summed E-state index contributed by atoms with van der Waals surface area (Å²) in [7, 11) is 0. The summed E-state index contributed by atoms with van der Waals surface area (Å²) in [5, 5.41) is 3.90. The molecule has 1 saturated carbocycles. The minimum absolute atomic E-state index is 0.132. The fraction of sp³-hybridized carbons (Fsp3) is 0.542. The quantitative estimate of drug-likeness (QED) is 0.562. The SMILES string of the molecule is C[C@@H](OC(=O)COc1ccc2c3c(c(=O)oc2c1)CCC3)C(=O)N[C@H]1CCCC[C@@H]1C. The van der Waals surface area contributed by atoms with E-state index in [1.54, 1.807) is 19.1 Å². The average molecular weight is 427 g/mol. The molecule has 7 heteroatoms. The van der Waals surface area contributed by atoms with Crippen LogP contribution in [0.25, 0.3) is 11.0 Å². The van der Waals surface area contributed by atoms with Crippen molar-refractivity contribution < 1.29 is 23.5 Å². The van der Waals surface area contributed by atoms with Crippen LogP contribution in [-0.2, 0) is 27.2 Å². The molecular formula is C24H29NO6. The normalized spacial score (nSPS) is 21.4. The van der Waals surface area contributed by atoms with Crippen molar-refractivity contribution in [1.29, 1.82) is 0 Å². The third kappa shape index (κ3) is 4.75. The molecule has 2 aliphatic rings. The summed E-state index contributed by atoms with van der Waals surface area (Å²) < 4.78 is 16.2. The van der Waals surface area contributed by atoms with Crippen LogP contribution in [-0.4, -0.2) is 30.6 Å². The van der Waals surface area contributed by atoms with Crippen molar-refractivity contribution in [2.75, 3.05) is 6.61 Å². The zero-order valence-electron chi connectivity index (χ0n) is 18.1. The van der Waals surface area contributed by atoms with Crippen LogP contribution < -0.4 is 15.7 Å². The molecule has 2 aliphatic carbocycles. The summed E-state index contributed by atoms with van der Waals surface area (Å²) in [6, 6.07) is 5.34. The topological polar surface area (TPSA) is 94.8 Å². The molecule has 4 rings (SSSR count). The zero-order valence-corrected chi connectivity index (χ0v) is 18.1. The molecule has 0 unspecified atom stereocenters. The van der Waals surface area contributed by atoms with E-state index in [-0.39, 0.29) is 24.2 Å². The summed E-state index contributed by atoms with van der Waals surface area (Å²) >= 11 is 0. The maximum absolute atomic E-state index is 12.4. The van der Waals surface area contributed by atoms with Gasteiger partial charge < -0.3 is 19.2 Å². The lowest BCUT2D eigenvalue weighted by Gasteiger charge is -2.30. The Morgan fingerprint density at radius 2 is 1.94 bits per heavy atom. The molecule has 1 heterocycles. The first-order valence-corrected chi connectivity index (χ1v) is 11.1. The van der Waals surface area contributed by atoms with Crippen LogP contribution in [0.1, 0.15) is 57.1 Å². The summed E-state index contributed by atoms with van der Waals surface area (Å²) in [5.41, 5.74) is 1.96. The standard InChI is InChI=1S/C24H29NO6/c1-14-6-3-4-9-20(14)25-23(27)15(2)30-22(26)13-29-16-10-11-18-17-7-5-8-19(17)24(28)31-21(18)12-16/h10-12,14-15,20H,3-9,13H2,1-2H3,(H,25,27)/t14-,15+,20-/m0/s1. The van der Waals surface area contributed by atoms with Gasteiger partial charge in [0.2, 0.25) is 0 Å². The predicted molar refractivity (Wildman–Crippen MR) is 115 cm³/mol. The van der Waals surface area contributed by atoms with Crippen LogP contribution in [0.15, 0.2) is 27.4 Å². The number of hydrogen-bond donors (Lipinski definition) is 1. The molecule has 166 valence electrons. The number of ether oxygens (including phenoxy) is 2. The molecule has 2 aromatic rings. The van der Waals surface area contributed by atoms with Gasteiger partial charge in [0.1, 0.15) is 11.3 Å². The smallest absolute Gasteiger partial charge is 0.344 e. The molecule has 3 atom stereocenters. The van der Waals surface area contributed by atoms with Crippen molar-refractivity contribution in [1.82, 2.24) is 5.32 Å². The Bertz CT molecular complexity index is 1040. The van der Waals surface area contributed by atoms with Crippen molar-refractivity contribution in [3.8, 4) is 5.75 Å². The van der Waals surface area contributed by atoms with Crippen molar-refractivity contribution in [2.24, 2.45) is 5.92 Å². The highest BCUT2D eigenvalue weighted by Crippen LogP contribution is 2.29. The van der Waals surface area contributed by atoms with Gasteiger partial charge >= 0.3 is 11.6 Å². The Hall–Kier alpha value is -2.83. The zero-order chi connectivity index (χ0) is 22.0. The first kappa shape index (κ1) is 21.4. The molecule has 1 N–H and O–H groups in total. The number of benzene rings is 1. The van der Waals surface area contributed by atoms with Crippen LogP contribution in [0.3, 0.4) is 0 Å². The molecule has 0 spiro atoms. The first-order chi connectivity index (χ1) is 14.9. The molecule has 7 nitrogen and oxygen atoms in total. The van der Waals surface area contributed by atoms with Gasteiger partial charge in [0, 0.05) is 23.1 Å². The molecule has 31 heavy (non-hydrogen) atoms. The van der Waals surface area contributed by atoms with Crippen molar-refractivity contribution in [3.63, 3.8) is 0 Å². The van der Waals surface area contributed by atoms with E-state index in [0.717, 1.165) is 55.0 Å². The van der Waals surface area contributed by atoms with Crippen LogP contribution in [0.5, 0.6) is 5.75 Å². The number of amides is 1. The Morgan fingerprint density at radius 3 is 2.74 bits per heavy atom. The van der Waals surface area contributed by atoms with E-state index >= 15 is 0 Å². The Morgan fingerprint density at radius 1 is 1.16 bits per heavy atom. The molecular weight excluding hydrogens is 398 g/mol. The van der Waals surface area contributed by atoms with Crippen LogP contribution in [0.4, 0.5) is 0 Å². The summed E-state index contributed by atoms with van der Waals surface area (Å²) in [5.74, 6) is -0.0833. The van der Waals surface area contributed by atoms with Gasteiger partial charge in [0.25, 0.3) is 5.91 Å². The van der Waals surface area contributed by atoms with Crippen molar-refractivity contribution in [2.45, 2.75) is 70.9 Å². The number of nitrogens with one attached hydrogen (secondary N) is 1. The minimum atomic E-state index is -0.887. The number of carbonyl (C=O) groups excluding carboxylic acids is 2. The van der Waals surface area contributed by atoms with E-state index < -0.39 is 12.1 Å². The molecule has 0 aliphatic heterocycles. The molecule has 0 radical (unpaired) electrons. The molecule has 1 aromatic carbocycles. The van der Waals surface area contributed by atoms with E-state index in [2.05, 4.69) is 12.2 Å². The fourth-order valence-electron chi connectivity index (χ4n) is 4.61. The Labute approximate surface area is 181 Å². The second-order valence-electron chi connectivity index (χ2n) is 8.66. The van der Waals surface area contributed by atoms with Crippen molar-refractivity contribution >= 4 is 22.8 Å². The van der Waals surface area contributed by atoms with Crippen molar-refractivity contribution in [3.05, 3.63) is 39.7 Å². The summed E-state index contributed by atoms with van der Waals surface area (Å²) in [6.07, 6.45) is 6.03. The number of hydrogen-bond acceptors (Lipinski definition) is 6. The highest BCUT2D eigenvalue weighted by Gasteiger charge is 2.26. The lowest BCUT2D eigenvalue weighted by atomic mass is 9.86. The molecule has 1 aromatic heterocycles. The van der Waals surface area contributed by atoms with Gasteiger partial charge in [0.15, 0.2) is 12.7 Å². The number of carbonyl (C=O) groups is 2. The maximum atomic E-state index is 12.4. The second kappa shape index (κ2) is 9.12. The van der Waals surface area contributed by atoms with Crippen LogP contribution in [0.2, 0.25) is 0 Å². The van der Waals surface area contributed by atoms with Gasteiger partial charge in [-0.1, -0.05) is 19.8 Å². The van der Waals surface area contributed by atoms with E-state index in [1.165, 1.54) is 6.42 Å². The third-order valence-corrected chi connectivity index (χ3v) is 6.42. The summed E-state index contributed by atoms with van der Waals surface area (Å²) in [4.78, 5) is 36.7. The molecule has 1 fully saturated rings. The van der Waals surface area contributed by atoms with Gasteiger partial charge in [0.05, 0.1) is 0 Å². The number of rotatable bonds is 6. The highest BCUT2D eigenvalue weighted by molar-refractivity contribution is 5.84. The molecule has 0 saturated heterocycles. The van der Waals surface area contributed by atoms with E-state index in [0.29, 0.717) is 17.3 Å². The highest BCUT2D eigenvalue weighted by atomic mass is 16.6. The number of aryl methyl sites for hydroxylation is 1. The Kier molecular flexibility index (Phi) is 6.30. The van der Waals surface area contributed by atoms with Gasteiger partial charge in [-0.25, -0.2) is 9.59 Å². The maximum Gasteiger partial charge on any atom is 0.344 e. The average Bonchev–Trinajstić information content (AvgIpc) is 3.24. The first-order valence-electron chi connectivity index (χ1n) is 11.1. The van der Waals surface area contributed by atoms with E-state index in [4.69, 9.17) is 13.9 Å². The van der Waals surface area contributed by atoms with Gasteiger partial charge in [-0.15, -0.1) is 0 Å². The minimum Gasteiger partial charge on any atom is -0.482 e. The number of fused-ring (bicyclic) bond motifs is 3. The van der Waals surface area contributed by atoms with Gasteiger partial charge in [-0.2, -0.15) is 0 Å².